The maximum Gasteiger partial charge on any atom is 0.254 e. The van der Waals surface area contributed by atoms with E-state index < -0.39 is 10.0 Å². The van der Waals surface area contributed by atoms with Crippen LogP contribution in [0.4, 0.5) is 0 Å². The molecule has 10 heteroatoms. The van der Waals surface area contributed by atoms with Gasteiger partial charge < -0.3 is 19.8 Å². The van der Waals surface area contributed by atoms with Crippen molar-refractivity contribution in [2.45, 2.75) is 71.2 Å². The molecule has 9 nitrogen and oxygen atoms in total. The lowest BCUT2D eigenvalue weighted by Gasteiger charge is -2.38. The number of H-pyrrole nitrogens is 1. The summed E-state index contributed by atoms with van der Waals surface area (Å²) < 4.78 is 30.7. The lowest BCUT2D eigenvalue weighted by atomic mass is 9.91. The summed E-state index contributed by atoms with van der Waals surface area (Å²) in [4.78, 5) is 31.1. The number of sulfonamides is 1. The van der Waals surface area contributed by atoms with Gasteiger partial charge in [-0.2, -0.15) is 0 Å². The number of likely N-dealkylation sites (tertiary alicyclic amines) is 1. The highest BCUT2D eigenvalue weighted by molar-refractivity contribution is 7.89. The smallest absolute Gasteiger partial charge is 0.254 e. The number of piperidine rings is 2. The third-order valence-corrected chi connectivity index (χ3v) is 11.7. The van der Waals surface area contributed by atoms with Crippen LogP contribution in [-0.4, -0.2) is 71.6 Å². The number of para-hydroxylation sites is 1. The molecule has 0 radical (unpaired) electrons. The monoisotopic (exact) mass is 581 g/mol. The van der Waals surface area contributed by atoms with Gasteiger partial charge in [-0.05, 0) is 97.1 Å². The van der Waals surface area contributed by atoms with E-state index in [1.54, 1.807) is 4.31 Å². The minimum Gasteiger partial charge on any atom is -0.348 e. The van der Waals surface area contributed by atoms with Crippen LogP contribution in [0.3, 0.4) is 0 Å². The van der Waals surface area contributed by atoms with Gasteiger partial charge in [0, 0.05) is 53.5 Å². The molecule has 2 aliphatic heterocycles. The van der Waals surface area contributed by atoms with Crippen molar-refractivity contribution in [3.05, 3.63) is 68.8 Å². The van der Waals surface area contributed by atoms with Crippen LogP contribution < -0.4 is 10.9 Å². The number of hydrogen-bond acceptors (Lipinski definition) is 5. The average Bonchev–Trinajstić information content (AvgIpc) is 3.24. The maximum atomic E-state index is 13.6. The molecule has 2 saturated heterocycles. The summed E-state index contributed by atoms with van der Waals surface area (Å²) in [7, 11) is -1.24. The zero-order valence-electron chi connectivity index (χ0n) is 24.9. The summed E-state index contributed by atoms with van der Waals surface area (Å²) in [6.07, 6.45) is 2.98. The van der Waals surface area contributed by atoms with E-state index in [0.29, 0.717) is 37.1 Å². The van der Waals surface area contributed by atoms with E-state index in [4.69, 9.17) is 0 Å². The number of carbonyl (C=O) groups excluding carboxylic acids is 1. The van der Waals surface area contributed by atoms with Gasteiger partial charge in [0.05, 0.1) is 10.8 Å². The van der Waals surface area contributed by atoms with E-state index >= 15 is 0 Å². The van der Waals surface area contributed by atoms with Crippen LogP contribution in [-0.2, 0) is 16.6 Å². The average molecular weight is 582 g/mol. The van der Waals surface area contributed by atoms with Gasteiger partial charge in [-0.1, -0.05) is 18.2 Å². The van der Waals surface area contributed by atoms with Crippen molar-refractivity contribution in [1.29, 1.82) is 0 Å². The maximum absolute atomic E-state index is 13.6. The Bertz CT molecular complexity index is 1590. The van der Waals surface area contributed by atoms with Crippen molar-refractivity contribution in [2.24, 2.45) is 5.92 Å². The third kappa shape index (κ3) is 5.74. The standard InChI is InChI=1S/C31H43N5O4S/c1-20-18-21(2)33-30(37)27(20)19-32-31(38)29-23(4)36(28-9-7-6-8-26(28)29)22(3)24-10-16-35(17-11-24)41(39,40)25-12-14-34(5)15-13-25/h6-9,18,22,24-25H,10-17,19H2,1-5H3,(H,32,38)(H,33,37). The lowest BCUT2D eigenvalue weighted by molar-refractivity contribution is 0.0951. The predicted molar refractivity (Wildman–Crippen MR) is 163 cm³/mol. The Morgan fingerprint density at radius 2 is 1.71 bits per heavy atom. The number of rotatable bonds is 7. The number of aromatic amines is 1. The fourth-order valence-electron chi connectivity index (χ4n) is 6.88. The molecule has 1 amide bonds. The highest BCUT2D eigenvalue weighted by atomic mass is 32.2. The molecular formula is C31H43N5O4S. The normalized spacial score (nSPS) is 19.0. The molecule has 5 rings (SSSR count). The summed E-state index contributed by atoms with van der Waals surface area (Å²) in [6.45, 7) is 10.8. The Hall–Kier alpha value is -2.95. The quantitative estimate of drug-likeness (QED) is 0.440. The van der Waals surface area contributed by atoms with Crippen LogP contribution in [0.2, 0.25) is 0 Å². The first kappa shape index (κ1) is 29.5. The van der Waals surface area contributed by atoms with E-state index in [1.165, 1.54) is 0 Å². The molecule has 1 unspecified atom stereocenters. The van der Waals surface area contributed by atoms with Crippen molar-refractivity contribution < 1.29 is 13.2 Å². The van der Waals surface area contributed by atoms with Crippen molar-refractivity contribution in [3.8, 4) is 0 Å². The molecule has 1 aromatic carbocycles. The summed E-state index contributed by atoms with van der Waals surface area (Å²) in [6, 6.07) is 9.95. The SMILES string of the molecule is Cc1cc(C)c(CNC(=O)c2c(C)n(C(C)C3CCN(S(=O)(=O)C4CCN(C)CC4)CC3)c3ccccc23)c(=O)[nH]1. The van der Waals surface area contributed by atoms with Crippen LogP contribution in [0.1, 0.15) is 71.5 Å². The number of aromatic nitrogens is 2. The van der Waals surface area contributed by atoms with Crippen molar-refractivity contribution in [3.63, 3.8) is 0 Å². The minimum absolute atomic E-state index is 0.0943. The highest BCUT2D eigenvalue weighted by Crippen LogP contribution is 2.37. The molecule has 222 valence electrons. The molecule has 4 heterocycles. The molecule has 2 aliphatic rings. The molecule has 0 bridgehead atoms. The van der Waals surface area contributed by atoms with E-state index in [1.807, 2.05) is 58.2 Å². The van der Waals surface area contributed by atoms with Gasteiger partial charge in [0.25, 0.3) is 11.5 Å². The van der Waals surface area contributed by atoms with Gasteiger partial charge in [0.2, 0.25) is 10.0 Å². The number of nitrogens with one attached hydrogen (secondary N) is 2. The van der Waals surface area contributed by atoms with Crippen LogP contribution in [0.5, 0.6) is 0 Å². The van der Waals surface area contributed by atoms with Crippen LogP contribution in [0.15, 0.2) is 35.1 Å². The molecule has 1 atom stereocenters. The second-order valence-electron chi connectivity index (χ2n) is 12.0. The van der Waals surface area contributed by atoms with Crippen LogP contribution in [0, 0.1) is 26.7 Å². The first-order chi connectivity index (χ1) is 19.5. The Morgan fingerprint density at radius 3 is 2.37 bits per heavy atom. The minimum atomic E-state index is -3.29. The van der Waals surface area contributed by atoms with Crippen LogP contribution in [0.25, 0.3) is 10.9 Å². The first-order valence-corrected chi connectivity index (χ1v) is 16.2. The van der Waals surface area contributed by atoms with Gasteiger partial charge in [0.1, 0.15) is 0 Å². The van der Waals surface area contributed by atoms with Gasteiger partial charge in [-0.3, -0.25) is 9.59 Å². The van der Waals surface area contributed by atoms with E-state index in [9.17, 15) is 18.0 Å². The van der Waals surface area contributed by atoms with E-state index in [-0.39, 0.29) is 35.2 Å². The Kier molecular flexibility index (Phi) is 8.46. The molecule has 41 heavy (non-hydrogen) atoms. The number of amides is 1. The molecule has 2 N–H and O–H groups in total. The van der Waals surface area contributed by atoms with Crippen molar-refractivity contribution in [2.75, 3.05) is 33.2 Å². The number of carbonyl (C=O) groups is 1. The summed E-state index contributed by atoms with van der Waals surface area (Å²) in [5, 5.41) is 3.60. The first-order valence-electron chi connectivity index (χ1n) is 14.7. The van der Waals surface area contributed by atoms with Crippen molar-refractivity contribution >= 4 is 26.8 Å². The molecule has 0 aliphatic carbocycles. The number of pyridine rings is 1. The Labute approximate surface area is 243 Å². The predicted octanol–water partition coefficient (Wildman–Crippen LogP) is 3.88. The van der Waals surface area contributed by atoms with Gasteiger partial charge in [-0.25, -0.2) is 12.7 Å². The second-order valence-corrected chi connectivity index (χ2v) is 14.2. The summed E-state index contributed by atoms with van der Waals surface area (Å²) in [5.41, 5.74) is 4.51. The van der Waals surface area contributed by atoms with E-state index in [0.717, 1.165) is 53.8 Å². The fraction of sp³-hybridized carbons (Fsp3) is 0.548. The Morgan fingerprint density at radius 1 is 1.05 bits per heavy atom. The largest absolute Gasteiger partial charge is 0.348 e. The fourth-order valence-corrected chi connectivity index (χ4v) is 8.83. The van der Waals surface area contributed by atoms with Gasteiger partial charge >= 0.3 is 0 Å². The molecule has 0 spiro atoms. The second kappa shape index (κ2) is 11.7. The Balaban J connectivity index is 1.33. The molecular weight excluding hydrogens is 538 g/mol. The number of hydrogen-bond donors (Lipinski definition) is 2. The van der Waals surface area contributed by atoms with Gasteiger partial charge in [0.15, 0.2) is 0 Å². The van der Waals surface area contributed by atoms with E-state index in [2.05, 4.69) is 26.7 Å². The van der Waals surface area contributed by atoms with Crippen molar-refractivity contribution in [1.82, 2.24) is 24.1 Å². The molecule has 2 fully saturated rings. The number of nitrogens with zero attached hydrogens (tertiary/aromatic N) is 3. The summed E-state index contributed by atoms with van der Waals surface area (Å²) >= 11 is 0. The van der Waals surface area contributed by atoms with Gasteiger partial charge in [-0.15, -0.1) is 0 Å². The number of fused-ring (bicyclic) bond motifs is 1. The summed E-state index contributed by atoms with van der Waals surface area (Å²) in [5.74, 6) is 0.0844. The molecule has 3 aromatic rings. The lowest BCUT2D eigenvalue weighted by Crippen LogP contribution is -2.47. The zero-order chi connectivity index (χ0) is 29.5. The molecule has 0 saturated carbocycles. The topological polar surface area (TPSA) is 108 Å². The number of aryl methyl sites for hydroxylation is 2. The third-order valence-electron chi connectivity index (χ3n) is 9.34. The van der Waals surface area contributed by atoms with Crippen LogP contribution >= 0.6 is 0 Å². The zero-order valence-corrected chi connectivity index (χ0v) is 25.7. The molecule has 2 aromatic heterocycles. The number of benzene rings is 1. The highest BCUT2D eigenvalue weighted by Gasteiger charge is 2.37.